The molecule has 1 N–H and O–H groups in total. The van der Waals surface area contributed by atoms with Gasteiger partial charge in [0.15, 0.2) is 0 Å². The van der Waals surface area contributed by atoms with E-state index in [1.165, 1.54) is 19.3 Å². The van der Waals surface area contributed by atoms with Gasteiger partial charge in [-0.15, -0.1) is 0 Å². The third-order valence-corrected chi connectivity index (χ3v) is 5.31. The van der Waals surface area contributed by atoms with Gasteiger partial charge in [-0.1, -0.05) is 0 Å². The first-order valence-corrected chi connectivity index (χ1v) is 8.84. The van der Waals surface area contributed by atoms with Crippen LogP contribution in [0.3, 0.4) is 0 Å². The van der Waals surface area contributed by atoms with E-state index in [2.05, 4.69) is 4.72 Å². The molecule has 0 aromatic carbocycles. The first-order chi connectivity index (χ1) is 10.9. The molecular weight excluding hydrogens is 318 g/mol. The Morgan fingerprint density at radius 3 is 2.78 bits per heavy atom. The smallest absolute Gasteiger partial charge is 0.271 e. The predicted octanol–water partition coefficient (Wildman–Crippen LogP) is 1.33. The molecule has 0 atom stereocenters. The van der Waals surface area contributed by atoms with Crippen molar-refractivity contribution in [2.24, 2.45) is 7.05 Å². The van der Waals surface area contributed by atoms with Gasteiger partial charge in [0.05, 0.1) is 12.8 Å². The SMILES string of the molecule is CNS(=O)(=O)c1cc(C(=O)N(Cc2ccco2)C2CC2)n(C)c1. The minimum atomic E-state index is -3.57. The predicted molar refractivity (Wildman–Crippen MR) is 83.3 cm³/mol. The zero-order chi connectivity index (χ0) is 16.6. The van der Waals surface area contributed by atoms with Crippen molar-refractivity contribution in [3.05, 3.63) is 42.1 Å². The number of carbonyl (C=O) groups is 1. The van der Waals surface area contributed by atoms with Crippen LogP contribution < -0.4 is 4.72 Å². The molecule has 124 valence electrons. The average molecular weight is 337 g/mol. The van der Waals surface area contributed by atoms with Crippen molar-refractivity contribution in [2.75, 3.05) is 7.05 Å². The van der Waals surface area contributed by atoms with Gasteiger partial charge >= 0.3 is 0 Å². The summed E-state index contributed by atoms with van der Waals surface area (Å²) >= 11 is 0. The second-order valence-electron chi connectivity index (χ2n) is 5.62. The zero-order valence-electron chi connectivity index (χ0n) is 13.0. The normalized spacial score (nSPS) is 14.9. The van der Waals surface area contributed by atoms with Crippen LogP contribution >= 0.6 is 0 Å². The van der Waals surface area contributed by atoms with Crippen molar-refractivity contribution in [2.45, 2.75) is 30.3 Å². The molecule has 1 aliphatic carbocycles. The first kappa shape index (κ1) is 15.8. The lowest BCUT2D eigenvalue weighted by Crippen LogP contribution is -2.33. The van der Waals surface area contributed by atoms with Gasteiger partial charge in [-0.25, -0.2) is 13.1 Å². The molecule has 23 heavy (non-hydrogen) atoms. The summed E-state index contributed by atoms with van der Waals surface area (Å²) in [4.78, 5) is 14.7. The molecule has 1 fully saturated rings. The van der Waals surface area contributed by atoms with Crippen LogP contribution in [-0.4, -0.2) is 36.9 Å². The Morgan fingerprint density at radius 2 is 2.22 bits per heavy atom. The van der Waals surface area contributed by atoms with E-state index < -0.39 is 10.0 Å². The highest BCUT2D eigenvalue weighted by Crippen LogP contribution is 2.30. The van der Waals surface area contributed by atoms with Crippen LogP contribution in [0.2, 0.25) is 0 Å². The number of hydrogen-bond acceptors (Lipinski definition) is 4. The van der Waals surface area contributed by atoms with E-state index in [1.807, 2.05) is 6.07 Å². The molecule has 0 unspecified atom stereocenters. The van der Waals surface area contributed by atoms with Crippen LogP contribution in [0, 0.1) is 0 Å². The lowest BCUT2D eigenvalue weighted by Gasteiger charge is -2.21. The molecule has 2 aromatic heterocycles. The maximum absolute atomic E-state index is 12.9. The molecule has 1 saturated carbocycles. The Kier molecular flexibility index (Phi) is 4.03. The summed E-state index contributed by atoms with van der Waals surface area (Å²) in [5.41, 5.74) is 0.345. The number of aryl methyl sites for hydroxylation is 1. The van der Waals surface area contributed by atoms with Gasteiger partial charge in [0.1, 0.15) is 16.3 Å². The summed E-state index contributed by atoms with van der Waals surface area (Å²) in [5, 5.41) is 0. The summed E-state index contributed by atoms with van der Waals surface area (Å²) in [6.07, 6.45) is 4.93. The number of hydrogen-bond donors (Lipinski definition) is 1. The van der Waals surface area contributed by atoms with Crippen LogP contribution in [0.1, 0.15) is 29.1 Å². The van der Waals surface area contributed by atoms with E-state index in [0.29, 0.717) is 18.0 Å². The quantitative estimate of drug-likeness (QED) is 0.862. The first-order valence-electron chi connectivity index (χ1n) is 7.35. The maximum Gasteiger partial charge on any atom is 0.271 e. The van der Waals surface area contributed by atoms with Crippen molar-refractivity contribution in [1.82, 2.24) is 14.2 Å². The third-order valence-electron chi connectivity index (χ3n) is 3.93. The minimum absolute atomic E-state index is 0.0830. The van der Waals surface area contributed by atoms with Gasteiger partial charge in [-0.3, -0.25) is 4.79 Å². The van der Waals surface area contributed by atoms with Crippen LogP contribution in [0.15, 0.2) is 40.0 Å². The summed E-state index contributed by atoms with van der Waals surface area (Å²) in [5.74, 6) is 0.520. The number of rotatable bonds is 6. The largest absolute Gasteiger partial charge is 0.467 e. The standard InChI is InChI=1S/C15H19N3O4S/c1-16-23(20,21)13-8-14(17(2)10-13)15(19)18(11-5-6-11)9-12-4-3-7-22-12/h3-4,7-8,10-11,16H,5-6,9H2,1-2H3. The zero-order valence-corrected chi connectivity index (χ0v) is 13.8. The van der Waals surface area contributed by atoms with Crippen molar-refractivity contribution in [1.29, 1.82) is 0 Å². The average Bonchev–Trinajstić information content (AvgIpc) is 3.07. The molecule has 7 nitrogen and oxygen atoms in total. The second kappa shape index (κ2) is 5.86. The maximum atomic E-state index is 12.9. The monoisotopic (exact) mass is 337 g/mol. The molecule has 2 heterocycles. The Bertz CT molecular complexity index is 804. The Hall–Kier alpha value is -2.06. The number of nitrogens with zero attached hydrogens (tertiary/aromatic N) is 2. The highest BCUT2D eigenvalue weighted by atomic mass is 32.2. The van der Waals surface area contributed by atoms with Crippen LogP contribution in [0.4, 0.5) is 0 Å². The van der Waals surface area contributed by atoms with Gasteiger partial charge in [-0.2, -0.15) is 0 Å². The van der Waals surface area contributed by atoms with Crippen LogP contribution in [0.5, 0.6) is 0 Å². The van der Waals surface area contributed by atoms with Crippen molar-refractivity contribution < 1.29 is 17.6 Å². The Balaban J connectivity index is 1.89. The highest BCUT2D eigenvalue weighted by molar-refractivity contribution is 7.89. The van der Waals surface area contributed by atoms with E-state index in [1.54, 1.807) is 28.8 Å². The Morgan fingerprint density at radius 1 is 1.48 bits per heavy atom. The van der Waals surface area contributed by atoms with E-state index in [9.17, 15) is 13.2 Å². The summed E-state index contributed by atoms with van der Waals surface area (Å²) in [6.45, 7) is 0.385. The van der Waals surface area contributed by atoms with E-state index in [-0.39, 0.29) is 16.8 Å². The molecule has 1 amide bonds. The van der Waals surface area contributed by atoms with Gasteiger partial charge in [0.25, 0.3) is 5.91 Å². The van der Waals surface area contributed by atoms with Gasteiger partial charge in [0.2, 0.25) is 10.0 Å². The fourth-order valence-corrected chi connectivity index (χ4v) is 3.28. The number of aromatic nitrogens is 1. The van der Waals surface area contributed by atoms with E-state index in [4.69, 9.17) is 4.42 Å². The number of carbonyl (C=O) groups excluding carboxylic acids is 1. The third kappa shape index (κ3) is 3.18. The van der Waals surface area contributed by atoms with E-state index >= 15 is 0 Å². The van der Waals surface area contributed by atoms with E-state index in [0.717, 1.165) is 12.8 Å². The fraction of sp³-hybridized carbons (Fsp3) is 0.400. The molecule has 0 bridgehead atoms. The highest BCUT2D eigenvalue weighted by Gasteiger charge is 2.35. The number of nitrogens with one attached hydrogen (secondary N) is 1. The van der Waals surface area contributed by atoms with Crippen molar-refractivity contribution in [3.63, 3.8) is 0 Å². The molecule has 0 saturated heterocycles. The van der Waals surface area contributed by atoms with Gasteiger partial charge in [0, 0.05) is 19.3 Å². The molecule has 0 radical (unpaired) electrons. The fourth-order valence-electron chi connectivity index (χ4n) is 2.48. The number of furan rings is 1. The van der Waals surface area contributed by atoms with Crippen molar-refractivity contribution >= 4 is 15.9 Å². The van der Waals surface area contributed by atoms with Gasteiger partial charge < -0.3 is 13.9 Å². The summed E-state index contributed by atoms with van der Waals surface area (Å²) < 4.78 is 32.9. The minimum Gasteiger partial charge on any atom is -0.467 e. The number of sulfonamides is 1. The number of amides is 1. The van der Waals surface area contributed by atoms with Crippen LogP contribution in [-0.2, 0) is 23.6 Å². The molecule has 2 aromatic rings. The molecular formula is C15H19N3O4S. The lowest BCUT2D eigenvalue weighted by molar-refractivity contribution is 0.0708. The van der Waals surface area contributed by atoms with Crippen molar-refractivity contribution in [3.8, 4) is 0 Å². The summed E-state index contributed by atoms with van der Waals surface area (Å²) in [6, 6.07) is 5.20. The summed E-state index contributed by atoms with van der Waals surface area (Å²) in [7, 11) is -0.563. The molecule has 3 rings (SSSR count). The Labute approximate surface area is 134 Å². The molecule has 1 aliphatic rings. The second-order valence-corrected chi connectivity index (χ2v) is 7.51. The molecule has 0 spiro atoms. The molecule has 8 heteroatoms. The van der Waals surface area contributed by atoms with Crippen LogP contribution in [0.25, 0.3) is 0 Å². The topological polar surface area (TPSA) is 84.6 Å². The van der Waals surface area contributed by atoms with Gasteiger partial charge in [-0.05, 0) is 38.1 Å². The lowest BCUT2D eigenvalue weighted by atomic mass is 10.3. The molecule has 0 aliphatic heterocycles.